The smallest absolute Gasteiger partial charge is 0.319 e. The highest BCUT2D eigenvalue weighted by atomic mass is 32.2. The normalized spacial score (nSPS) is 10.4. The first-order valence-corrected chi connectivity index (χ1v) is 7.38. The second-order valence-corrected chi connectivity index (χ2v) is 5.80. The molecule has 0 aliphatic carbocycles. The first-order valence-electron chi connectivity index (χ1n) is 6.40. The van der Waals surface area contributed by atoms with Gasteiger partial charge in [-0.2, -0.15) is 0 Å². The Bertz CT molecular complexity index is 380. The highest BCUT2D eigenvalue weighted by Gasteiger charge is 2.05. The van der Waals surface area contributed by atoms with Gasteiger partial charge in [0.1, 0.15) is 0 Å². The number of urea groups is 1. The number of nitrogens with one attached hydrogen (secondary N) is 2. The minimum absolute atomic E-state index is 0.125. The van der Waals surface area contributed by atoms with Crippen molar-refractivity contribution in [1.29, 1.82) is 0 Å². The van der Waals surface area contributed by atoms with E-state index in [0.717, 1.165) is 22.8 Å². The van der Waals surface area contributed by atoms with Crippen LogP contribution in [0.2, 0.25) is 0 Å². The molecule has 0 bridgehead atoms. The molecule has 0 atom stereocenters. The minimum Gasteiger partial charge on any atom is -0.338 e. The highest BCUT2D eigenvalue weighted by molar-refractivity contribution is 7.99. The molecule has 0 fully saturated rings. The fraction of sp³-hybridized carbons (Fsp3) is 0.500. The zero-order valence-corrected chi connectivity index (χ0v) is 12.1. The van der Waals surface area contributed by atoms with E-state index < -0.39 is 0 Å². The quantitative estimate of drug-likeness (QED) is 0.765. The summed E-state index contributed by atoms with van der Waals surface area (Å²) in [5.41, 5.74) is 0.881. The molecule has 0 radical (unpaired) electrons. The lowest BCUT2D eigenvalue weighted by molar-refractivity contribution is 0.251. The van der Waals surface area contributed by atoms with E-state index >= 15 is 0 Å². The van der Waals surface area contributed by atoms with Gasteiger partial charge in [-0.1, -0.05) is 32.9 Å². The topological polar surface area (TPSA) is 41.1 Å². The summed E-state index contributed by atoms with van der Waals surface area (Å²) < 4.78 is 0. The summed E-state index contributed by atoms with van der Waals surface area (Å²) in [5, 5.41) is 5.77. The predicted molar refractivity (Wildman–Crippen MR) is 79.3 cm³/mol. The van der Waals surface area contributed by atoms with Crippen LogP contribution in [0.3, 0.4) is 0 Å². The summed E-state index contributed by atoms with van der Waals surface area (Å²) in [6.45, 7) is 7.11. The number of benzene rings is 1. The van der Waals surface area contributed by atoms with Crippen LogP contribution in [-0.4, -0.2) is 18.3 Å². The van der Waals surface area contributed by atoms with E-state index in [2.05, 4.69) is 31.4 Å². The van der Waals surface area contributed by atoms with E-state index in [9.17, 15) is 4.79 Å². The van der Waals surface area contributed by atoms with Crippen LogP contribution in [0.1, 0.15) is 27.2 Å². The van der Waals surface area contributed by atoms with Gasteiger partial charge in [0.25, 0.3) is 0 Å². The van der Waals surface area contributed by atoms with E-state index in [1.54, 1.807) is 11.8 Å². The lowest BCUT2D eigenvalue weighted by Crippen LogP contribution is -2.30. The summed E-state index contributed by atoms with van der Waals surface area (Å²) in [4.78, 5) is 12.8. The first kappa shape index (κ1) is 14.9. The van der Waals surface area contributed by atoms with Crippen molar-refractivity contribution in [3.63, 3.8) is 0 Å². The van der Waals surface area contributed by atoms with Crippen LogP contribution in [0.5, 0.6) is 0 Å². The van der Waals surface area contributed by atoms with Gasteiger partial charge in [-0.25, -0.2) is 4.79 Å². The second kappa shape index (κ2) is 8.03. The summed E-state index contributed by atoms with van der Waals surface area (Å²) in [5.74, 6) is 1.60. The van der Waals surface area contributed by atoms with Gasteiger partial charge in [-0.15, -0.1) is 11.8 Å². The molecule has 0 aliphatic rings. The molecule has 1 rings (SSSR count). The summed E-state index contributed by atoms with van der Waals surface area (Å²) >= 11 is 1.73. The van der Waals surface area contributed by atoms with Crippen LogP contribution in [0.4, 0.5) is 10.5 Å². The van der Waals surface area contributed by atoms with Crippen LogP contribution in [0.25, 0.3) is 0 Å². The maximum absolute atomic E-state index is 11.7. The number of hydrogen-bond acceptors (Lipinski definition) is 2. The Morgan fingerprint density at radius 3 is 2.72 bits per heavy atom. The summed E-state index contributed by atoms with van der Waals surface area (Å²) in [6, 6.07) is 7.75. The van der Waals surface area contributed by atoms with Crippen LogP contribution in [0, 0.1) is 5.92 Å². The van der Waals surface area contributed by atoms with Crippen molar-refractivity contribution < 1.29 is 4.79 Å². The minimum atomic E-state index is -0.125. The third kappa shape index (κ3) is 5.45. The number of hydrogen-bond donors (Lipinski definition) is 2. The number of anilines is 1. The molecule has 4 heteroatoms. The Labute approximate surface area is 114 Å². The van der Waals surface area contributed by atoms with Gasteiger partial charge in [-0.3, -0.25) is 0 Å². The maximum Gasteiger partial charge on any atom is 0.319 e. The van der Waals surface area contributed by atoms with E-state index in [0.29, 0.717) is 12.5 Å². The monoisotopic (exact) mass is 266 g/mol. The molecule has 2 amide bonds. The fourth-order valence-corrected chi connectivity index (χ4v) is 2.25. The van der Waals surface area contributed by atoms with Gasteiger partial charge in [0, 0.05) is 11.4 Å². The van der Waals surface area contributed by atoms with Crippen molar-refractivity contribution in [3.8, 4) is 0 Å². The molecule has 1 aromatic carbocycles. The molecule has 1 aromatic rings. The van der Waals surface area contributed by atoms with Crippen molar-refractivity contribution in [2.24, 2.45) is 5.92 Å². The molecule has 0 saturated heterocycles. The van der Waals surface area contributed by atoms with Crippen LogP contribution < -0.4 is 10.6 Å². The van der Waals surface area contributed by atoms with Crippen LogP contribution in [-0.2, 0) is 0 Å². The molecule has 0 aromatic heterocycles. The Kier molecular flexibility index (Phi) is 6.65. The van der Waals surface area contributed by atoms with Crippen molar-refractivity contribution in [3.05, 3.63) is 24.3 Å². The fourth-order valence-electron chi connectivity index (χ4n) is 1.49. The second-order valence-electron chi connectivity index (χ2n) is 4.49. The van der Waals surface area contributed by atoms with Crippen molar-refractivity contribution >= 4 is 23.5 Å². The molecule has 3 nitrogen and oxygen atoms in total. The zero-order valence-electron chi connectivity index (χ0n) is 11.3. The Morgan fingerprint density at radius 1 is 1.33 bits per heavy atom. The SMILES string of the molecule is CCSc1ccccc1NC(=O)NCCC(C)C. The number of rotatable bonds is 6. The van der Waals surface area contributed by atoms with E-state index in [4.69, 9.17) is 0 Å². The number of carbonyl (C=O) groups excluding carboxylic acids is 1. The van der Waals surface area contributed by atoms with E-state index in [1.165, 1.54) is 0 Å². The van der Waals surface area contributed by atoms with E-state index in [1.807, 2.05) is 24.3 Å². The van der Waals surface area contributed by atoms with E-state index in [-0.39, 0.29) is 6.03 Å². The predicted octanol–water partition coefficient (Wildman–Crippen LogP) is 3.97. The van der Waals surface area contributed by atoms with Crippen molar-refractivity contribution in [2.75, 3.05) is 17.6 Å². The Hall–Kier alpha value is -1.16. The van der Waals surface area contributed by atoms with Gasteiger partial charge >= 0.3 is 6.03 Å². The average molecular weight is 266 g/mol. The Balaban J connectivity index is 2.48. The summed E-state index contributed by atoms with van der Waals surface area (Å²) in [6.07, 6.45) is 0.999. The molecule has 18 heavy (non-hydrogen) atoms. The first-order chi connectivity index (χ1) is 8.63. The summed E-state index contributed by atoms with van der Waals surface area (Å²) in [7, 11) is 0. The lowest BCUT2D eigenvalue weighted by Gasteiger charge is -2.11. The standard InChI is InChI=1S/C14H22N2OS/c1-4-18-13-8-6-5-7-12(13)16-14(17)15-10-9-11(2)3/h5-8,11H,4,9-10H2,1-3H3,(H2,15,16,17). The van der Waals surface area contributed by atoms with Gasteiger partial charge in [0.2, 0.25) is 0 Å². The van der Waals surface area contributed by atoms with Crippen molar-refractivity contribution in [2.45, 2.75) is 32.1 Å². The van der Waals surface area contributed by atoms with Gasteiger partial charge in [0.05, 0.1) is 5.69 Å². The number of thioether (sulfide) groups is 1. The van der Waals surface area contributed by atoms with Gasteiger partial charge < -0.3 is 10.6 Å². The average Bonchev–Trinajstić information content (AvgIpc) is 2.31. The molecule has 0 saturated carbocycles. The zero-order chi connectivity index (χ0) is 13.4. The molecule has 0 aliphatic heterocycles. The molecule has 100 valence electrons. The third-order valence-corrected chi connectivity index (χ3v) is 3.40. The number of para-hydroxylation sites is 1. The lowest BCUT2D eigenvalue weighted by atomic mass is 10.1. The molecule has 0 unspecified atom stereocenters. The van der Waals surface area contributed by atoms with Crippen LogP contribution >= 0.6 is 11.8 Å². The maximum atomic E-state index is 11.7. The molecular weight excluding hydrogens is 244 g/mol. The van der Waals surface area contributed by atoms with Crippen molar-refractivity contribution in [1.82, 2.24) is 5.32 Å². The number of carbonyl (C=O) groups is 1. The van der Waals surface area contributed by atoms with Gasteiger partial charge in [-0.05, 0) is 30.2 Å². The molecule has 0 spiro atoms. The molecule has 0 heterocycles. The van der Waals surface area contributed by atoms with Gasteiger partial charge in [0.15, 0.2) is 0 Å². The molecule has 2 N–H and O–H groups in total. The highest BCUT2D eigenvalue weighted by Crippen LogP contribution is 2.26. The largest absolute Gasteiger partial charge is 0.338 e. The molecular formula is C14H22N2OS. The third-order valence-electron chi connectivity index (χ3n) is 2.44. The Morgan fingerprint density at radius 2 is 2.06 bits per heavy atom. The van der Waals surface area contributed by atoms with Crippen LogP contribution in [0.15, 0.2) is 29.2 Å². The number of amides is 2.